The third-order valence-corrected chi connectivity index (χ3v) is 4.13. The average molecular weight is 349 g/mol. The number of furan rings is 1. The van der Waals surface area contributed by atoms with Crippen LogP contribution in [0.4, 0.5) is 0 Å². The van der Waals surface area contributed by atoms with Gasteiger partial charge in [-0.25, -0.2) is 0 Å². The van der Waals surface area contributed by atoms with Crippen LogP contribution >= 0.6 is 0 Å². The highest BCUT2D eigenvalue weighted by Crippen LogP contribution is 2.32. The van der Waals surface area contributed by atoms with Crippen LogP contribution in [0.15, 0.2) is 47.1 Å². The zero-order valence-electron chi connectivity index (χ0n) is 14.0. The predicted octanol–water partition coefficient (Wildman–Crippen LogP) is 2.91. The van der Waals surface area contributed by atoms with Crippen molar-refractivity contribution in [1.29, 1.82) is 5.26 Å². The first-order valence-electron chi connectivity index (χ1n) is 8.01. The van der Waals surface area contributed by atoms with Gasteiger partial charge >= 0.3 is 0 Å². The molecule has 0 unspecified atom stereocenters. The fraction of sp³-hybridized carbons (Fsp3) is 0.158. The second-order valence-electron chi connectivity index (χ2n) is 5.79. The fourth-order valence-electron chi connectivity index (χ4n) is 2.88. The lowest BCUT2D eigenvalue weighted by Gasteiger charge is -2.06. The number of aromatic nitrogens is 1. The molecule has 0 atom stereocenters. The number of aryl methyl sites for hydroxylation is 1. The van der Waals surface area contributed by atoms with Crippen LogP contribution in [0.25, 0.3) is 5.88 Å². The van der Waals surface area contributed by atoms with E-state index in [9.17, 15) is 10.1 Å². The number of hydrogen-bond acceptors (Lipinski definition) is 5. The Morgan fingerprint density at radius 1 is 1.27 bits per heavy atom. The zero-order valence-corrected chi connectivity index (χ0v) is 14.0. The lowest BCUT2D eigenvalue weighted by molar-refractivity contribution is 0.0949. The van der Waals surface area contributed by atoms with Gasteiger partial charge in [0.25, 0.3) is 5.91 Å². The van der Waals surface area contributed by atoms with Crippen LogP contribution in [0.5, 0.6) is 11.5 Å². The van der Waals surface area contributed by atoms with E-state index in [1.165, 1.54) is 0 Å². The molecular formula is C19H15N3O4. The summed E-state index contributed by atoms with van der Waals surface area (Å²) >= 11 is 0. The molecule has 4 rings (SSSR count). The van der Waals surface area contributed by atoms with E-state index in [2.05, 4.69) is 11.4 Å². The number of carbonyl (C=O) groups excluding carboxylic acids is 1. The minimum Gasteiger partial charge on any atom is -0.454 e. The monoisotopic (exact) mass is 349 g/mol. The van der Waals surface area contributed by atoms with Gasteiger partial charge in [0, 0.05) is 18.9 Å². The van der Waals surface area contributed by atoms with E-state index in [1.54, 1.807) is 30.0 Å². The fourth-order valence-corrected chi connectivity index (χ4v) is 2.88. The molecule has 26 heavy (non-hydrogen) atoms. The minimum absolute atomic E-state index is 0.201. The topological polar surface area (TPSA) is 89.4 Å². The zero-order chi connectivity index (χ0) is 18.1. The molecule has 3 aromatic rings. The summed E-state index contributed by atoms with van der Waals surface area (Å²) in [6, 6.07) is 11.2. The maximum atomic E-state index is 12.6. The highest BCUT2D eigenvalue weighted by Gasteiger charge is 2.24. The van der Waals surface area contributed by atoms with Crippen molar-refractivity contribution in [2.24, 2.45) is 0 Å². The molecule has 0 saturated heterocycles. The summed E-state index contributed by atoms with van der Waals surface area (Å²) in [5.74, 6) is 1.72. The molecule has 0 radical (unpaired) electrons. The van der Waals surface area contributed by atoms with E-state index in [-0.39, 0.29) is 23.8 Å². The Morgan fingerprint density at radius 2 is 2.04 bits per heavy atom. The summed E-state index contributed by atoms with van der Waals surface area (Å²) in [6.45, 7) is 2.17. The third kappa shape index (κ3) is 2.67. The van der Waals surface area contributed by atoms with Gasteiger partial charge in [0.2, 0.25) is 12.7 Å². The number of fused-ring (bicyclic) bond motifs is 1. The quantitative estimate of drug-likeness (QED) is 0.782. The lowest BCUT2D eigenvalue weighted by atomic mass is 10.1. The van der Waals surface area contributed by atoms with Crippen molar-refractivity contribution >= 4 is 5.91 Å². The number of rotatable bonds is 4. The van der Waals surface area contributed by atoms with Gasteiger partial charge in [0.15, 0.2) is 11.5 Å². The van der Waals surface area contributed by atoms with Gasteiger partial charge in [0.1, 0.15) is 23.0 Å². The largest absolute Gasteiger partial charge is 0.454 e. The third-order valence-electron chi connectivity index (χ3n) is 4.13. The molecule has 0 bridgehead atoms. The van der Waals surface area contributed by atoms with E-state index >= 15 is 0 Å². The van der Waals surface area contributed by atoms with Crippen LogP contribution in [-0.4, -0.2) is 17.3 Å². The second-order valence-corrected chi connectivity index (χ2v) is 5.79. The van der Waals surface area contributed by atoms with E-state index in [4.69, 9.17) is 13.9 Å². The van der Waals surface area contributed by atoms with Gasteiger partial charge in [-0.3, -0.25) is 9.36 Å². The lowest BCUT2D eigenvalue weighted by Crippen LogP contribution is -2.24. The Kier molecular flexibility index (Phi) is 3.86. The van der Waals surface area contributed by atoms with Crippen molar-refractivity contribution in [1.82, 2.24) is 9.88 Å². The standard InChI is InChI=1S/C19H15N3O4/c1-12-17(14(9-20)19(26-12)22-6-2-3-7-22)18(23)21-10-13-4-5-15-16(8-13)25-11-24-15/h2-8H,10-11H2,1H3,(H,21,23). The van der Waals surface area contributed by atoms with Gasteiger partial charge in [-0.05, 0) is 36.8 Å². The van der Waals surface area contributed by atoms with Crippen LogP contribution in [0.2, 0.25) is 0 Å². The number of nitrogens with one attached hydrogen (secondary N) is 1. The normalized spacial score (nSPS) is 12.0. The SMILES string of the molecule is Cc1oc(-n2cccc2)c(C#N)c1C(=O)NCc1ccc2c(c1)OCO2. The highest BCUT2D eigenvalue weighted by molar-refractivity contribution is 5.98. The van der Waals surface area contributed by atoms with Gasteiger partial charge in [-0.1, -0.05) is 6.07 Å². The summed E-state index contributed by atoms with van der Waals surface area (Å²) in [5.41, 5.74) is 1.33. The van der Waals surface area contributed by atoms with Crippen molar-refractivity contribution in [2.45, 2.75) is 13.5 Å². The van der Waals surface area contributed by atoms with Crippen molar-refractivity contribution < 1.29 is 18.7 Å². The number of nitriles is 1. The van der Waals surface area contributed by atoms with E-state index in [0.29, 0.717) is 29.7 Å². The molecule has 7 heteroatoms. The Bertz CT molecular complexity index is 1010. The Balaban J connectivity index is 1.56. The molecule has 1 aliphatic rings. The summed E-state index contributed by atoms with van der Waals surface area (Å²) in [7, 11) is 0. The van der Waals surface area contributed by atoms with E-state index in [0.717, 1.165) is 5.56 Å². The highest BCUT2D eigenvalue weighted by atomic mass is 16.7. The molecule has 130 valence electrons. The molecule has 1 aromatic carbocycles. The molecular weight excluding hydrogens is 334 g/mol. The number of benzene rings is 1. The van der Waals surface area contributed by atoms with Crippen molar-refractivity contribution in [3.05, 3.63) is 65.2 Å². The van der Waals surface area contributed by atoms with Crippen molar-refractivity contribution in [2.75, 3.05) is 6.79 Å². The predicted molar refractivity (Wildman–Crippen MR) is 91.2 cm³/mol. The van der Waals surface area contributed by atoms with Crippen LogP contribution in [-0.2, 0) is 6.54 Å². The number of nitrogens with zero attached hydrogens (tertiary/aromatic N) is 2. The minimum atomic E-state index is -0.362. The van der Waals surface area contributed by atoms with Gasteiger partial charge < -0.3 is 19.2 Å². The molecule has 0 aliphatic carbocycles. The molecule has 7 nitrogen and oxygen atoms in total. The number of carbonyl (C=O) groups is 1. The molecule has 0 spiro atoms. The second kappa shape index (κ2) is 6.33. The van der Waals surface area contributed by atoms with Crippen molar-refractivity contribution in [3.8, 4) is 23.5 Å². The molecule has 0 fully saturated rings. The first-order chi connectivity index (χ1) is 12.7. The molecule has 3 heterocycles. The van der Waals surface area contributed by atoms with Gasteiger partial charge in [-0.15, -0.1) is 0 Å². The number of ether oxygens (including phenoxy) is 2. The van der Waals surface area contributed by atoms with Crippen LogP contribution in [0.3, 0.4) is 0 Å². The molecule has 1 N–H and O–H groups in total. The smallest absolute Gasteiger partial charge is 0.256 e. The van der Waals surface area contributed by atoms with Crippen LogP contribution in [0.1, 0.15) is 27.2 Å². The summed E-state index contributed by atoms with van der Waals surface area (Å²) in [4.78, 5) is 12.6. The van der Waals surface area contributed by atoms with Gasteiger partial charge in [-0.2, -0.15) is 5.26 Å². The molecule has 1 aliphatic heterocycles. The first kappa shape index (κ1) is 15.8. The van der Waals surface area contributed by atoms with E-state index < -0.39 is 0 Å². The summed E-state index contributed by atoms with van der Waals surface area (Å²) < 4.78 is 17.9. The van der Waals surface area contributed by atoms with Crippen LogP contribution < -0.4 is 14.8 Å². The Morgan fingerprint density at radius 3 is 2.81 bits per heavy atom. The number of amides is 1. The summed E-state index contributed by atoms with van der Waals surface area (Å²) in [6.07, 6.45) is 3.51. The van der Waals surface area contributed by atoms with Gasteiger partial charge in [0.05, 0.1) is 0 Å². The summed E-state index contributed by atoms with van der Waals surface area (Å²) in [5, 5.41) is 12.3. The maximum absolute atomic E-state index is 12.6. The molecule has 1 amide bonds. The Labute approximate surface area is 149 Å². The molecule has 2 aromatic heterocycles. The first-order valence-corrected chi connectivity index (χ1v) is 8.01. The maximum Gasteiger partial charge on any atom is 0.256 e. The average Bonchev–Trinajstić information content (AvgIpc) is 3.37. The molecule has 0 saturated carbocycles. The Hall–Kier alpha value is -3.66. The van der Waals surface area contributed by atoms with E-state index in [1.807, 2.05) is 24.3 Å². The number of hydrogen-bond donors (Lipinski definition) is 1. The van der Waals surface area contributed by atoms with Crippen molar-refractivity contribution in [3.63, 3.8) is 0 Å². The van der Waals surface area contributed by atoms with Crippen LogP contribution in [0, 0.1) is 18.3 Å².